The maximum absolute atomic E-state index is 9.45. The molecule has 0 saturated carbocycles. The third-order valence-electron chi connectivity index (χ3n) is 3.26. The molecule has 116 valence electrons. The SMILES string of the molecule is COc1cc(/C=C/Cc2cccc(O)c2)cc(OC)c1OC. The molecule has 2 aromatic rings. The van der Waals surface area contributed by atoms with Gasteiger partial charge in [0.25, 0.3) is 0 Å². The lowest BCUT2D eigenvalue weighted by atomic mass is 10.1. The smallest absolute Gasteiger partial charge is 0.203 e. The van der Waals surface area contributed by atoms with Gasteiger partial charge >= 0.3 is 0 Å². The highest BCUT2D eigenvalue weighted by atomic mass is 16.5. The van der Waals surface area contributed by atoms with Gasteiger partial charge in [-0.2, -0.15) is 0 Å². The standard InChI is InChI=1S/C18H20O4/c1-20-16-11-14(12-17(21-2)18(16)22-3)8-4-6-13-7-5-9-15(19)10-13/h4-5,7-12,19H,6H2,1-3H3/b8-4+. The highest BCUT2D eigenvalue weighted by molar-refractivity contribution is 5.62. The van der Waals surface area contributed by atoms with Crippen molar-refractivity contribution in [2.45, 2.75) is 6.42 Å². The molecule has 0 fully saturated rings. The Morgan fingerprint density at radius 2 is 1.64 bits per heavy atom. The number of phenols is 1. The topological polar surface area (TPSA) is 47.9 Å². The number of ether oxygens (including phenoxy) is 3. The van der Waals surface area contributed by atoms with Crippen molar-refractivity contribution < 1.29 is 19.3 Å². The minimum absolute atomic E-state index is 0.277. The zero-order valence-corrected chi connectivity index (χ0v) is 13.0. The number of rotatable bonds is 6. The van der Waals surface area contributed by atoms with E-state index in [0.717, 1.165) is 17.5 Å². The summed E-state index contributed by atoms with van der Waals surface area (Å²) < 4.78 is 16.0. The fraction of sp³-hybridized carbons (Fsp3) is 0.222. The largest absolute Gasteiger partial charge is 0.508 e. The molecular weight excluding hydrogens is 280 g/mol. The first-order valence-corrected chi connectivity index (χ1v) is 6.92. The van der Waals surface area contributed by atoms with Crippen molar-refractivity contribution in [3.63, 3.8) is 0 Å². The fourth-order valence-corrected chi connectivity index (χ4v) is 2.21. The molecule has 0 aliphatic rings. The van der Waals surface area contributed by atoms with E-state index >= 15 is 0 Å². The minimum atomic E-state index is 0.277. The van der Waals surface area contributed by atoms with Crippen LogP contribution in [-0.2, 0) is 6.42 Å². The Balaban J connectivity index is 2.20. The Bertz CT molecular complexity index is 637. The Morgan fingerprint density at radius 1 is 0.955 bits per heavy atom. The number of hydrogen-bond acceptors (Lipinski definition) is 4. The van der Waals surface area contributed by atoms with Gasteiger partial charge in [-0.15, -0.1) is 0 Å². The maximum atomic E-state index is 9.45. The van der Waals surface area contributed by atoms with E-state index in [4.69, 9.17) is 14.2 Å². The quantitative estimate of drug-likeness (QED) is 0.884. The Morgan fingerprint density at radius 3 is 2.18 bits per heavy atom. The van der Waals surface area contributed by atoms with Crippen LogP contribution in [0.15, 0.2) is 42.5 Å². The van der Waals surface area contributed by atoms with E-state index in [2.05, 4.69) is 0 Å². The average Bonchev–Trinajstić information content (AvgIpc) is 2.53. The van der Waals surface area contributed by atoms with E-state index in [1.54, 1.807) is 33.5 Å². The molecule has 0 aliphatic heterocycles. The van der Waals surface area contributed by atoms with Crippen LogP contribution in [0.5, 0.6) is 23.0 Å². The molecule has 0 radical (unpaired) electrons. The molecule has 0 saturated heterocycles. The third kappa shape index (κ3) is 3.73. The molecule has 1 N–H and O–H groups in total. The van der Waals surface area contributed by atoms with Crippen molar-refractivity contribution in [3.8, 4) is 23.0 Å². The van der Waals surface area contributed by atoms with Crippen molar-refractivity contribution in [3.05, 3.63) is 53.6 Å². The molecular formula is C18H20O4. The zero-order valence-electron chi connectivity index (χ0n) is 13.0. The van der Waals surface area contributed by atoms with E-state index in [9.17, 15) is 5.11 Å². The number of aromatic hydroxyl groups is 1. The van der Waals surface area contributed by atoms with Gasteiger partial charge < -0.3 is 19.3 Å². The Hall–Kier alpha value is -2.62. The van der Waals surface area contributed by atoms with Gasteiger partial charge in [0.15, 0.2) is 11.5 Å². The summed E-state index contributed by atoms with van der Waals surface area (Å²) in [6, 6.07) is 11.0. The van der Waals surface area contributed by atoms with E-state index in [1.807, 2.05) is 36.4 Å². The summed E-state index contributed by atoms with van der Waals surface area (Å²) in [5.41, 5.74) is 2.00. The van der Waals surface area contributed by atoms with Gasteiger partial charge in [0, 0.05) is 0 Å². The van der Waals surface area contributed by atoms with Crippen LogP contribution in [0.1, 0.15) is 11.1 Å². The first kappa shape index (κ1) is 15.8. The van der Waals surface area contributed by atoms with Crippen LogP contribution in [0, 0.1) is 0 Å². The number of allylic oxidation sites excluding steroid dienone is 1. The van der Waals surface area contributed by atoms with Crippen molar-refractivity contribution in [2.24, 2.45) is 0 Å². The van der Waals surface area contributed by atoms with E-state index < -0.39 is 0 Å². The molecule has 0 aliphatic carbocycles. The molecule has 0 unspecified atom stereocenters. The van der Waals surface area contributed by atoms with Crippen LogP contribution in [0.2, 0.25) is 0 Å². The molecule has 22 heavy (non-hydrogen) atoms. The highest BCUT2D eigenvalue weighted by Gasteiger charge is 2.11. The molecule has 0 amide bonds. The second-order valence-electron chi connectivity index (χ2n) is 4.74. The molecule has 0 spiro atoms. The predicted molar refractivity (Wildman–Crippen MR) is 86.9 cm³/mol. The molecule has 4 heteroatoms. The Kier molecular flexibility index (Phi) is 5.31. The summed E-state index contributed by atoms with van der Waals surface area (Å²) in [6.07, 6.45) is 4.73. The van der Waals surface area contributed by atoms with Crippen molar-refractivity contribution >= 4 is 6.08 Å². The molecule has 0 aromatic heterocycles. The summed E-state index contributed by atoms with van der Waals surface area (Å²) in [4.78, 5) is 0. The number of hydrogen-bond donors (Lipinski definition) is 1. The molecule has 0 heterocycles. The second kappa shape index (κ2) is 7.41. The van der Waals surface area contributed by atoms with Crippen LogP contribution >= 0.6 is 0 Å². The number of methoxy groups -OCH3 is 3. The minimum Gasteiger partial charge on any atom is -0.508 e. The van der Waals surface area contributed by atoms with Gasteiger partial charge in [0.1, 0.15) is 5.75 Å². The van der Waals surface area contributed by atoms with Gasteiger partial charge in [-0.1, -0.05) is 24.3 Å². The molecule has 0 bridgehead atoms. The van der Waals surface area contributed by atoms with Crippen LogP contribution < -0.4 is 14.2 Å². The first-order chi connectivity index (χ1) is 10.7. The normalized spacial score (nSPS) is 10.7. The van der Waals surface area contributed by atoms with Crippen LogP contribution in [0.3, 0.4) is 0 Å². The molecule has 2 aromatic carbocycles. The predicted octanol–water partition coefficient (Wildman–Crippen LogP) is 3.67. The lowest BCUT2D eigenvalue weighted by molar-refractivity contribution is 0.324. The third-order valence-corrected chi connectivity index (χ3v) is 3.26. The van der Waals surface area contributed by atoms with Gasteiger partial charge in [0.05, 0.1) is 21.3 Å². The van der Waals surface area contributed by atoms with E-state index in [-0.39, 0.29) is 5.75 Å². The van der Waals surface area contributed by atoms with Crippen LogP contribution in [0.4, 0.5) is 0 Å². The summed E-state index contributed by atoms with van der Waals surface area (Å²) in [6.45, 7) is 0. The average molecular weight is 300 g/mol. The highest BCUT2D eigenvalue weighted by Crippen LogP contribution is 2.38. The number of benzene rings is 2. The number of phenolic OH excluding ortho intramolecular Hbond substituents is 1. The summed E-state index contributed by atoms with van der Waals surface area (Å²) in [5.74, 6) is 2.10. The first-order valence-electron chi connectivity index (χ1n) is 6.92. The van der Waals surface area contributed by atoms with Gasteiger partial charge in [-0.3, -0.25) is 0 Å². The van der Waals surface area contributed by atoms with E-state index in [0.29, 0.717) is 17.2 Å². The lowest BCUT2D eigenvalue weighted by Gasteiger charge is -2.12. The van der Waals surface area contributed by atoms with Gasteiger partial charge in [-0.05, 0) is 41.8 Å². The molecule has 4 nitrogen and oxygen atoms in total. The fourth-order valence-electron chi connectivity index (χ4n) is 2.21. The van der Waals surface area contributed by atoms with Crippen molar-refractivity contribution in [2.75, 3.05) is 21.3 Å². The maximum Gasteiger partial charge on any atom is 0.203 e. The zero-order chi connectivity index (χ0) is 15.9. The van der Waals surface area contributed by atoms with Gasteiger partial charge in [-0.25, -0.2) is 0 Å². The summed E-state index contributed by atoms with van der Waals surface area (Å²) in [7, 11) is 4.77. The molecule has 2 rings (SSSR count). The van der Waals surface area contributed by atoms with Gasteiger partial charge in [0.2, 0.25) is 5.75 Å². The van der Waals surface area contributed by atoms with Crippen LogP contribution in [0.25, 0.3) is 6.08 Å². The van der Waals surface area contributed by atoms with E-state index in [1.165, 1.54) is 0 Å². The summed E-state index contributed by atoms with van der Waals surface area (Å²) in [5, 5.41) is 9.45. The van der Waals surface area contributed by atoms with Crippen LogP contribution in [-0.4, -0.2) is 26.4 Å². The molecule has 0 atom stereocenters. The van der Waals surface area contributed by atoms with Crippen molar-refractivity contribution in [1.82, 2.24) is 0 Å². The van der Waals surface area contributed by atoms with Crippen molar-refractivity contribution in [1.29, 1.82) is 0 Å². The Labute approximate surface area is 130 Å². The second-order valence-corrected chi connectivity index (χ2v) is 4.74. The summed E-state index contributed by atoms with van der Waals surface area (Å²) >= 11 is 0. The lowest BCUT2D eigenvalue weighted by Crippen LogP contribution is -1.95. The monoisotopic (exact) mass is 300 g/mol.